The number of rotatable bonds is 4. The van der Waals surface area contributed by atoms with Gasteiger partial charge >= 0.3 is 0 Å². The van der Waals surface area contributed by atoms with Crippen LogP contribution in [0.4, 0.5) is 25.8 Å². The summed E-state index contributed by atoms with van der Waals surface area (Å²) >= 11 is 3.30. The van der Waals surface area contributed by atoms with Gasteiger partial charge in [-0.3, -0.25) is 14.4 Å². The molecule has 1 aliphatic heterocycles. The molecule has 2 N–H and O–H groups in total. The first-order chi connectivity index (χ1) is 13.2. The number of hydrogen-bond acceptors (Lipinski definition) is 3. The van der Waals surface area contributed by atoms with Crippen molar-refractivity contribution in [2.75, 3.05) is 22.1 Å². The SMILES string of the molecule is CC(=O)Nc1ccc(Br)cc1NC(=O)C1CC(=O)N(c2ccc(F)cc2F)C1. The molecule has 1 saturated heterocycles. The Morgan fingerprint density at radius 1 is 1.11 bits per heavy atom. The van der Waals surface area contributed by atoms with E-state index >= 15 is 0 Å². The summed E-state index contributed by atoms with van der Waals surface area (Å²) in [5, 5.41) is 5.31. The molecule has 0 aliphatic carbocycles. The molecule has 9 heteroatoms. The predicted octanol–water partition coefficient (Wildman–Crippen LogP) is 3.68. The van der Waals surface area contributed by atoms with Crippen LogP contribution >= 0.6 is 15.9 Å². The van der Waals surface area contributed by atoms with Crippen LogP contribution in [0, 0.1) is 17.6 Å². The van der Waals surface area contributed by atoms with E-state index in [1.807, 2.05) is 0 Å². The van der Waals surface area contributed by atoms with Crippen molar-refractivity contribution in [1.82, 2.24) is 0 Å². The van der Waals surface area contributed by atoms with Gasteiger partial charge in [0.1, 0.15) is 11.6 Å². The van der Waals surface area contributed by atoms with Crippen molar-refractivity contribution < 1.29 is 23.2 Å². The zero-order chi connectivity index (χ0) is 20.4. The highest BCUT2D eigenvalue weighted by molar-refractivity contribution is 9.10. The third-order valence-electron chi connectivity index (χ3n) is 4.25. The van der Waals surface area contributed by atoms with Crippen molar-refractivity contribution in [3.8, 4) is 0 Å². The number of carbonyl (C=O) groups excluding carboxylic acids is 3. The average molecular weight is 452 g/mol. The third-order valence-corrected chi connectivity index (χ3v) is 4.74. The minimum atomic E-state index is -0.866. The van der Waals surface area contributed by atoms with Gasteiger partial charge in [-0.1, -0.05) is 15.9 Å². The first kappa shape index (κ1) is 19.9. The van der Waals surface area contributed by atoms with E-state index in [2.05, 4.69) is 26.6 Å². The van der Waals surface area contributed by atoms with Crippen LogP contribution in [0.3, 0.4) is 0 Å². The minimum absolute atomic E-state index is 0.0311. The van der Waals surface area contributed by atoms with Crippen LogP contribution in [0.15, 0.2) is 40.9 Å². The van der Waals surface area contributed by atoms with Gasteiger partial charge in [-0.15, -0.1) is 0 Å². The normalized spacial score (nSPS) is 16.2. The number of nitrogens with zero attached hydrogens (tertiary/aromatic N) is 1. The Labute approximate surface area is 168 Å². The van der Waals surface area contributed by atoms with Gasteiger partial charge in [0, 0.05) is 30.4 Å². The fourth-order valence-corrected chi connectivity index (χ4v) is 3.33. The standard InChI is InChI=1S/C19H16BrF2N3O3/c1-10(26)23-15-4-2-12(20)7-16(15)24-19(28)11-6-18(27)25(9-11)17-5-3-13(21)8-14(17)22/h2-5,7-8,11H,6,9H2,1H3,(H,23,26)(H,24,28). The zero-order valence-corrected chi connectivity index (χ0v) is 16.3. The second kappa shape index (κ2) is 8.05. The molecule has 146 valence electrons. The van der Waals surface area contributed by atoms with Crippen LogP contribution in [0.2, 0.25) is 0 Å². The number of carbonyl (C=O) groups is 3. The van der Waals surface area contributed by atoms with Crippen molar-refractivity contribution in [1.29, 1.82) is 0 Å². The van der Waals surface area contributed by atoms with E-state index in [1.54, 1.807) is 18.2 Å². The quantitative estimate of drug-likeness (QED) is 0.743. The van der Waals surface area contributed by atoms with Gasteiger partial charge in [0.05, 0.1) is 23.0 Å². The summed E-state index contributed by atoms with van der Waals surface area (Å²) in [6, 6.07) is 7.88. The van der Waals surface area contributed by atoms with E-state index in [9.17, 15) is 23.2 Å². The molecule has 0 spiro atoms. The predicted molar refractivity (Wildman–Crippen MR) is 104 cm³/mol. The van der Waals surface area contributed by atoms with Crippen LogP contribution in [-0.2, 0) is 14.4 Å². The Balaban J connectivity index is 1.77. The van der Waals surface area contributed by atoms with E-state index < -0.39 is 29.4 Å². The lowest BCUT2D eigenvalue weighted by atomic mass is 10.1. The monoisotopic (exact) mass is 451 g/mol. The fraction of sp³-hybridized carbons (Fsp3) is 0.211. The molecular weight excluding hydrogens is 436 g/mol. The highest BCUT2D eigenvalue weighted by Crippen LogP contribution is 2.30. The topological polar surface area (TPSA) is 78.5 Å². The second-order valence-corrected chi connectivity index (χ2v) is 7.28. The maximum absolute atomic E-state index is 14.0. The maximum Gasteiger partial charge on any atom is 0.229 e. The molecule has 1 heterocycles. The first-order valence-electron chi connectivity index (χ1n) is 8.38. The lowest BCUT2D eigenvalue weighted by Crippen LogP contribution is -2.29. The van der Waals surface area contributed by atoms with Gasteiger partial charge < -0.3 is 15.5 Å². The molecular formula is C19H16BrF2N3O3. The molecule has 3 rings (SSSR count). The van der Waals surface area contributed by atoms with Crippen LogP contribution in [0.5, 0.6) is 0 Å². The lowest BCUT2D eigenvalue weighted by molar-refractivity contribution is -0.122. The third kappa shape index (κ3) is 4.36. The molecule has 0 saturated carbocycles. The molecule has 3 amide bonds. The van der Waals surface area contributed by atoms with E-state index in [4.69, 9.17) is 0 Å². The number of benzene rings is 2. The van der Waals surface area contributed by atoms with Gasteiger partial charge in [0.25, 0.3) is 0 Å². The Kier molecular flexibility index (Phi) is 5.73. The van der Waals surface area contributed by atoms with Crippen molar-refractivity contribution in [2.45, 2.75) is 13.3 Å². The molecule has 0 radical (unpaired) electrons. The van der Waals surface area contributed by atoms with Gasteiger partial charge in [-0.25, -0.2) is 8.78 Å². The van der Waals surface area contributed by atoms with Gasteiger partial charge in [-0.2, -0.15) is 0 Å². The van der Waals surface area contributed by atoms with Gasteiger partial charge in [0.15, 0.2) is 0 Å². The van der Waals surface area contributed by atoms with Crippen LogP contribution in [0.25, 0.3) is 0 Å². The smallest absolute Gasteiger partial charge is 0.229 e. The average Bonchev–Trinajstić information content (AvgIpc) is 2.99. The summed E-state index contributed by atoms with van der Waals surface area (Å²) in [5.41, 5.74) is 0.714. The molecule has 6 nitrogen and oxygen atoms in total. The molecule has 1 aliphatic rings. The Bertz CT molecular complexity index is 967. The van der Waals surface area contributed by atoms with E-state index in [0.717, 1.165) is 11.0 Å². The van der Waals surface area contributed by atoms with E-state index in [-0.39, 0.29) is 24.6 Å². The zero-order valence-electron chi connectivity index (χ0n) is 14.8. The van der Waals surface area contributed by atoms with Crippen LogP contribution in [0.1, 0.15) is 13.3 Å². The van der Waals surface area contributed by atoms with Crippen molar-refractivity contribution in [3.63, 3.8) is 0 Å². The summed E-state index contributed by atoms with van der Waals surface area (Å²) in [6.45, 7) is 1.31. The summed E-state index contributed by atoms with van der Waals surface area (Å²) in [4.78, 5) is 37.4. The highest BCUT2D eigenvalue weighted by atomic mass is 79.9. The summed E-state index contributed by atoms with van der Waals surface area (Å²) < 4.78 is 27.8. The largest absolute Gasteiger partial charge is 0.325 e. The molecule has 0 aromatic heterocycles. The number of amides is 3. The van der Waals surface area contributed by atoms with Gasteiger partial charge in [-0.05, 0) is 30.3 Å². The molecule has 0 bridgehead atoms. The number of halogens is 3. The summed E-state index contributed by atoms with van der Waals surface area (Å²) in [5.74, 6) is -3.50. The number of nitrogens with one attached hydrogen (secondary N) is 2. The van der Waals surface area contributed by atoms with Crippen molar-refractivity contribution >= 4 is 50.7 Å². The number of hydrogen-bond donors (Lipinski definition) is 2. The molecule has 2 aromatic carbocycles. The lowest BCUT2D eigenvalue weighted by Gasteiger charge is -2.18. The molecule has 2 aromatic rings. The molecule has 1 atom stereocenters. The molecule has 28 heavy (non-hydrogen) atoms. The molecule has 1 fully saturated rings. The Morgan fingerprint density at radius 3 is 2.54 bits per heavy atom. The number of anilines is 3. The summed E-state index contributed by atoms with van der Waals surface area (Å²) in [6.07, 6.45) is -0.105. The van der Waals surface area contributed by atoms with E-state index in [1.165, 1.54) is 13.0 Å². The second-order valence-electron chi connectivity index (χ2n) is 6.36. The van der Waals surface area contributed by atoms with Gasteiger partial charge in [0.2, 0.25) is 17.7 Å². The molecule has 1 unspecified atom stereocenters. The Hall–Kier alpha value is -2.81. The van der Waals surface area contributed by atoms with Crippen molar-refractivity contribution in [2.24, 2.45) is 5.92 Å². The fourth-order valence-electron chi connectivity index (χ4n) is 2.97. The summed E-state index contributed by atoms with van der Waals surface area (Å²) in [7, 11) is 0. The Morgan fingerprint density at radius 2 is 1.86 bits per heavy atom. The van der Waals surface area contributed by atoms with E-state index in [0.29, 0.717) is 21.9 Å². The van der Waals surface area contributed by atoms with Crippen LogP contribution in [-0.4, -0.2) is 24.3 Å². The maximum atomic E-state index is 14.0. The minimum Gasteiger partial charge on any atom is -0.325 e. The van der Waals surface area contributed by atoms with Crippen LogP contribution < -0.4 is 15.5 Å². The highest BCUT2D eigenvalue weighted by Gasteiger charge is 2.36. The first-order valence-corrected chi connectivity index (χ1v) is 9.17. The van der Waals surface area contributed by atoms with Crippen molar-refractivity contribution in [3.05, 3.63) is 52.5 Å².